The molecule has 0 N–H and O–H groups in total. The van der Waals surface area contributed by atoms with E-state index in [1.54, 1.807) is 0 Å². The predicted molar refractivity (Wildman–Crippen MR) is 77.5 cm³/mol. The lowest BCUT2D eigenvalue weighted by atomic mass is 10.1. The van der Waals surface area contributed by atoms with E-state index in [4.69, 9.17) is 0 Å². The Labute approximate surface area is 137 Å². The maximum atomic E-state index is 13.0. The van der Waals surface area contributed by atoms with E-state index in [-0.39, 0.29) is 28.7 Å². The van der Waals surface area contributed by atoms with E-state index in [2.05, 4.69) is 6.92 Å². The number of benzene rings is 1. The Hall–Kier alpha value is -0.940. The molecule has 0 spiro atoms. The Bertz CT molecular complexity index is 456. The minimum atomic E-state index is -0.185. The quantitative estimate of drug-likeness (QED) is 0.659. The van der Waals surface area contributed by atoms with E-state index in [9.17, 15) is 9.18 Å². The number of rotatable bonds is 4. The number of quaternary nitrogens is 1. The van der Waals surface area contributed by atoms with Crippen LogP contribution in [0, 0.1) is 5.82 Å². The third-order valence-corrected chi connectivity index (χ3v) is 4.45. The Balaban J connectivity index is 0.00000220. The van der Waals surface area contributed by atoms with Gasteiger partial charge >= 0.3 is 0 Å². The van der Waals surface area contributed by atoms with Crippen LogP contribution in [0.1, 0.15) is 25.8 Å². The highest BCUT2D eigenvalue weighted by molar-refractivity contribution is 5.75. The van der Waals surface area contributed by atoms with E-state index in [1.165, 1.54) is 17.7 Å². The Morgan fingerprint density at radius 1 is 1.19 bits per heavy atom. The smallest absolute Gasteiger partial charge is 0.222 e. The van der Waals surface area contributed by atoms with Gasteiger partial charge in [0, 0.05) is 12.0 Å². The van der Waals surface area contributed by atoms with Crippen molar-refractivity contribution in [3.63, 3.8) is 0 Å². The fourth-order valence-electron chi connectivity index (χ4n) is 2.93. The van der Waals surface area contributed by atoms with Gasteiger partial charge in [-0.1, -0.05) is 19.1 Å². The summed E-state index contributed by atoms with van der Waals surface area (Å²) in [5.41, 5.74) is 1.17. The van der Waals surface area contributed by atoms with Gasteiger partial charge in [-0.25, -0.2) is 4.39 Å². The molecule has 0 aromatic heterocycles. The van der Waals surface area contributed by atoms with Crippen molar-refractivity contribution in [1.82, 2.24) is 4.90 Å². The number of likely N-dealkylation sites (N-methyl/N-ethyl adjacent to an activating group) is 1. The van der Waals surface area contributed by atoms with Crippen LogP contribution in [-0.4, -0.2) is 48.0 Å². The zero-order valence-corrected chi connectivity index (χ0v) is 14.4. The zero-order chi connectivity index (χ0) is 14.6. The Morgan fingerprint density at radius 2 is 1.76 bits per heavy atom. The first-order valence-electron chi connectivity index (χ1n) is 7.46. The fraction of sp³-hybridized carbons (Fsp3) is 0.562. The first kappa shape index (κ1) is 18.1. The summed E-state index contributed by atoms with van der Waals surface area (Å²) >= 11 is 0. The van der Waals surface area contributed by atoms with E-state index in [1.807, 2.05) is 24.0 Å². The molecule has 1 aromatic rings. The molecule has 0 unspecified atom stereocenters. The Kier molecular flexibility index (Phi) is 6.81. The minimum Gasteiger partial charge on any atom is -1.00 e. The molecule has 5 heteroatoms. The van der Waals surface area contributed by atoms with Crippen molar-refractivity contribution < 1.29 is 30.6 Å². The molecule has 0 aliphatic carbocycles. The van der Waals surface area contributed by atoms with Crippen molar-refractivity contribution in [3.8, 4) is 0 Å². The summed E-state index contributed by atoms with van der Waals surface area (Å²) in [5, 5.41) is 0. The number of hydrogen-bond donors (Lipinski definition) is 0. The third-order valence-electron chi connectivity index (χ3n) is 4.45. The molecule has 1 heterocycles. The van der Waals surface area contributed by atoms with Crippen molar-refractivity contribution in [2.75, 3.05) is 32.7 Å². The van der Waals surface area contributed by atoms with Crippen LogP contribution in [0.3, 0.4) is 0 Å². The van der Waals surface area contributed by atoms with Crippen molar-refractivity contribution in [3.05, 3.63) is 35.6 Å². The molecule has 1 aliphatic rings. The summed E-state index contributed by atoms with van der Waals surface area (Å²) in [6.45, 7) is 9.72. The van der Waals surface area contributed by atoms with Crippen molar-refractivity contribution in [1.29, 1.82) is 0 Å². The molecular formula is C16H24BrFN2O. The van der Waals surface area contributed by atoms with Crippen LogP contribution in [0.4, 0.5) is 4.39 Å². The summed E-state index contributed by atoms with van der Waals surface area (Å²) in [6.07, 6.45) is 0.587. The number of carbonyl (C=O) groups excluding carboxylic acids is 1. The second-order valence-electron chi connectivity index (χ2n) is 5.62. The fourth-order valence-corrected chi connectivity index (χ4v) is 2.93. The highest BCUT2D eigenvalue weighted by Gasteiger charge is 2.32. The summed E-state index contributed by atoms with van der Waals surface area (Å²) < 4.78 is 14.0. The summed E-state index contributed by atoms with van der Waals surface area (Å²) in [6, 6.07) is 6.79. The molecule has 0 bridgehead atoms. The molecular weight excluding hydrogens is 335 g/mol. The number of halogens is 2. The average Bonchev–Trinajstić information content (AvgIpc) is 2.49. The maximum Gasteiger partial charge on any atom is 0.222 e. The van der Waals surface area contributed by atoms with Crippen molar-refractivity contribution in [2.45, 2.75) is 26.8 Å². The molecule has 1 amide bonds. The molecule has 2 rings (SSSR count). The van der Waals surface area contributed by atoms with Crippen LogP contribution in [0.25, 0.3) is 0 Å². The lowest BCUT2D eigenvalue weighted by Crippen LogP contribution is -3.00. The largest absolute Gasteiger partial charge is 1.00 e. The highest BCUT2D eigenvalue weighted by Crippen LogP contribution is 2.19. The lowest BCUT2D eigenvalue weighted by molar-refractivity contribution is -0.942. The summed E-state index contributed by atoms with van der Waals surface area (Å²) in [5.74, 6) is 0.0656. The second kappa shape index (κ2) is 7.90. The molecule has 0 radical (unpaired) electrons. The van der Waals surface area contributed by atoms with E-state index >= 15 is 0 Å². The van der Waals surface area contributed by atoms with Gasteiger partial charge in [-0.15, -0.1) is 0 Å². The topological polar surface area (TPSA) is 20.3 Å². The summed E-state index contributed by atoms with van der Waals surface area (Å²) in [7, 11) is 0. The van der Waals surface area contributed by atoms with Crippen LogP contribution >= 0.6 is 0 Å². The van der Waals surface area contributed by atoms with Crippen LogP contribution in [0.5, 0.6) is 0 Å². The van der Waals surface area contributed by atoms with Gasteiger partial charge in [0.25, 0.3) is 0 Å². The van der Waals surface area contributed by atoms with Crippen molar-refractivity contribution in [2.24, 2.45) is 0 Å². The normalized spacial score (nSPS) is 17.2. The molecule has 3 nitrogen and oxygen atoms in total. The van der Waals surface area contributed by atoms with Gasteiger partial charge in [-0.3, -0.25) is 4.79 Å². The van der Waals surface area contributed by atoms with E-state index < -0.39 is 0 Å². The predicted octanol–water partition coefficient (Wildman–Crippen LogP) is -0.581. The molecule has 0 atom stereocenters. The molecule has 1 aromatic carbocycles. The van der Waals surface area contributed by atoms with Gasteiger partial charge in [-0.2, -0.15) is 0 Å². The molecule has 118 valence electrons. The number of piperazine rings is 1. The van der Waals surface area contributed by atoms with Gasteiger partial charge < -0.3 is 26.4 Å². The van der Waals surface area contributed by atoms with Crippen LogP contribution in [0.2, 0.25) is 0 Å². The van der Waals surface area contributed by atoms with E-state index in [0.29, 0.717) is 6.42 Å². The number of nitrogens with zero attached hydrogens (tertiary/aromatic N) is 2. The number of hydrogen-bond acceptors (Lipinski definition) is 1. The molecule has 0 saturated carbocycles. The molecule has 21 heavy (non-hydrogen) atoms. The molecule has 1 aliphatic heterocycles. The SMILES string of the molecule is CCC(=O)N1CC[N+](CC)(Cc2ccc(F)cc2)CC1.[Br-]. The van der Waals surface area contributed by atoms with Gasteiger partial charge in [0.1, 0.15) is 12.4 Å². The number of amides is 1. The molecule has 1 fully saturated rings. The van der Waals surface area contributed by atoms with Gasteiger partial charge in [0.2, 0.25) is 5.91 Å². The highest BCUT2D eigenvalue weighted by atomic mass is 79.9. The Morgan fingerprint density at radius 3 is 2.24 bits per heavy atom. The summed E-state index contributed by atoms with van der Waals surface area (Å²) in [4.78, 5) is 13.7. The monoisotopic (exact) mass is 358 g/mol. The number of carbonyl (C=O) groups is 1. The van der Waals surface area contributed by atoms with Crippen LogP contribution < -0.4 is 17.0 Å². The van der Waals surface area contributed by atoms with Crippen LogP contribution in [-0.2, 0) is 11.3 Å². The van der Waals surface area contributed by atoms with Gasteiger partial charge in [-0.05, 0) is 19.1 Å². The van der Waals surface area contributed by atoms with Gasteiger partial charge in [0.15, 0.2) is 0 Å². The van der Waals surface area contributed by atoms with Gasteiger partial charge in [0.05, 0.1) is 32.7 Å². The lowest BCUT2D eigenvalue weighted by Gasteiger charge is -2.44. The zero-order valence-electron chi connectivity index (χ0n) is 12.8. The van der Waals surface area contributed by atoms with Crippen LogP contribution in [0.15, 0.2) is 24.3 Å². The third kappa shape index (κ3) is 4.51. The first-order valence-corrected chi connectivity index (χ1v) is 7.46. The van der Waals surface area contributed by atoms with E-state index in [0.717, 1.165) is 43.8 Å². The maximum absolute atomic E-state index is 13.0. The molecule has 1 saturated heterocycles. The standard InChI is InChI=1S/C16H24FN2O.BrH/c1-3-16(20)18-9-11-19(4-2,12-10-18)13-14-5-7-15(17)8-6-14;/h5-8H,3-4,9-13H2,1-2H3;1H/q+1;/p-1. The minimum absolute atomic E-state index is 0. The average molecular weight is 359 g/mol. The first-order chi connectivity index (χ1) is 9.58. The second-order valence-corrected chi connectivity index (χ2v) is 5.62. The van der Waals surface area contributed by atoms with Crippen molar-refractivity contribution >= 4 is 5.91 Å².